The molecule has 0 aliphatic carbocycles. The van der Waals surface area contributed by atoms with Crippen LogP contribution in [0.2, 0.25) is 0 Å². The molecular weight excluding hydrogens is 282 g/mol. The number of carbonyl (C=O) groups is 1. The molecule has 0 radical (unpaired) electrons. The van der Waals surface area contributed by atoms with Gasteiger partial charge in [0, 0.05) is 29.7 Å². The average molecular weight is 299 g/mol. The number of pyridine rings is 1. The van der Waals surface area contributed by atoms with E-state index in [-0.39, 0.29) is 11.9 Å². The Morgan fingerprint density at radius 2 is 2.29 bits per heavy atom. The van der Waals surface area contributed by atoms with Crippen LogP contribution < -0.4 is 5.32 Å². The van der Waals surface area contributed by atoms with Gasteiger partial charge in [-0.05, 0) is 30.0 Å². The van der Waals surface area contributed by atoms with Crippen LogP contribution >= 0.6 is 11.3 Å². The largest absolute Gasteiger partial charge is 0.344 e. The van der Waals surface area contributed by atoms with E-state index in [1.165, 1.54) is 4.88 Å². The molecule has 5 heteroatoms. The topological polar surface area (TPSA) is 46.9 Å². The predicted molar refractivity (Wildman–Crippen MR) is 85.5 cm³/mol. The standard InChI is InChI=1S/C16H17N3OS/c1-3-13(14-7-5-9-21-14)18-16(20)12-10-19(2)15-11(12)6-4-8-17-15/h4-10,13H,3H2,1-2H3,(H,18,20). The van der Waals surface area contributed by atoms with Crippen LogP contribution in [0.25, 0.3) is 11.0 Å². The van der Waals surface area contributed by atoms with Gasteiger partial charge in [0.2, 0.25) is 0 Å². The lowest BCUT2D eigenvalue weighted by Gasteiger charge is -2.15. The number of amides is 1. The number of rotatable bonds is 4. The zero-order valence-electron chi connectivity index (χ0n) is 12.0. The molecule has 0 aromatic carbocycles. The predicted octanol–water partition coefficient (Wildman–Crippen LogP) is 3.52. The van der Waals surface area contributed by atoms with Gasteiger partial charge in [0.25, 0.3) is 5.91 Å². The fourth-order valence-corrected chi connectivity index (χ4v) is 3.35. The monoisotopic (exact) mass is 299 g/mol. The fourth-order valence-electron chi connectivity index (χ4n) is 2.49. The smallest absolute Gasteiger partial charge is 0.254 e. The van der Waals surface area contributed by atoms with Gasteiger partial charge in [-0.25, -0.2) is 4.98 Å². The number of fused-ring (bicyclic) bond motifs is 1. The minimum atomic E-state index is -0.0474. The molecular formula is C16H17N3OS. The van der Waals surface area contributed by atoms with E-state index in [1.54, 1.807) is 17.5 Å². The Morgan fingerprint density at radius 1 is 1.43 bits per heavy atom. The Morgan fingerprint density at radius 3 is 3.00 bits per heavy atom. The second-order valence-corrected chi connectivity index (χ2v) is 5.96. The molecule has 0 aliphatic rings. The molecule has 1 unspecified atom stereocenters. The van der Waals surface area contributed by atoms with Crippen LogP contribution in [0.1, 0.15) is 34.6 Å². The van der Waals surface area contributed by atoms with Gasteiger partial charge < -0.3 is 9.88 Å². The maximum absolute atomic E-state index is 12.6. The van der Waals surface area contributed by atoms with Crippen molar-refractivity contribution in [3.8, 4) is 0 Å². The lowest BCUT2D eigenvalue weighted by molar-refractivity contribution is 0.0938. The molecule has 1 atom stereocenters. The summed E-state index contributed by atoms with van der Waals surface area (Å²) in [6.45, 7) is 2.08. The maximum atomic E-state index is 12.6. The lowest BCUT2D eigenvalue weighted by Crippen LogP contribution is -2.27. The molecule has 0 aliphatic heterocycles. The van der Waals surface area contributed by atoms with Crippen molar-refractivity contribution in [2.75, 3.05) is 0 Å². The van der Waals surface area contributed by atoms with Crippen LogP contribution in [-0.2, 0) is 7.05 Å². The van der Waals surface area contributed by atoms with Crippen LogP contribution in [-0.4, -0.2) is 15.5 Å². The number of carbonyl (C=O) groups excluding carboxylic acids is 1. The number of thiophene rings is 1. The highest BCUT2D eigenvalue weighted by Crippen LogP contribution is 2.24. The number of aryl methyl sites for hydroxylation is 1. The first kappa shape index (κ1) is 13.8. The van der Waals surface area contributed by atoms with Gasteiger partial charge in [-0.1, -0.05) is 13.0 Å². The summed E-state index contributed by atoms with van der Waals surface area (Å²) >= 11 is 1.67. The summed E-state index contributed by atoms with van der Waals surface area (Å²) in [5.41, 5.74) is 1.50. The number of aromatic nitrogens is 2. The van der Waals surface area contributed by atoms with E-state index < -0.39 is 0 Å². The number of nitrogens with zero attached hydrogens (tertiary/aromatic N) is 2. The van der Waals surface area contributed by atoms with Crippen molar-refractivity contribution >= 4 is 28.3 Å². The number of nitrogens with one attached hydrogen (secondary N) is 1. The summed E-state index contributed by atoms with van der Waals surface area (Å²) < 4.78 is 1.89. The van der Waals surface area contributed by atoms with Gasteiger partial charge >= 0.3 is 0 Å². The first-order valence-electron chi connectivity index (χ1n) is 6.95. The molecule has 0 saturated carbocycles. The average Bonchev–Trinajstić information content (AvgIpc) is 3.13. The third-order valence-electron chi connectivity index (χ3n) is 3.58. The van der Waals surface area contributed by atoms with E-state index in [1.807, 2.05) is 41.4 Å². The van der Waals surface area contributed by atoms with Gasteiger partial charge in [-0.3, -0.25) is 4.79 Å². The van der Waals surface area contributed by atoms with Crippen molar-refractivity contribution < 1.29 is 4.79 Å². The van der Waals surface area contributed by atoms with Gasteiger partial charge in [-0.15, -0.1) is 11.3 Å². The van der Waals surface area contributed by atoms with Crippen LogP contribution in [0, 0.1) is 0 Å². The van der Waals surface area contributed by atoms with Gasteiger partial charge in [0.1, 0.15) is 5.65 Å². The first-order chi connectivity index (χ1) is 10.2. The summed E-state index contributed by atoms with van der Waals surface area (Å²) in [5.74, 6) is -0.0474. The third-order valence-corrected chi connectivity index (χ3v) is 4.56. The molecule has 3 heterocycles. The zero-order valence-corrected chi connectivity index (χ0v) is 12.9. The van der Waals surface area contributed by atoms with E-state index in [9.17, 15) is 4.79 Å². The first-order valence-corrected chi connectivity index (χ1v) is 7.83. The summed E-state index contributed by atoms with van der Waals surface area (Å²) in [6.07, 6.45) is 4.45. The van der Waals surface area contributed by atoms with Crippen molar-refractivity contribution in [2.45, 2.75) is 19.4 Å². The van der Waals surface area contributed by atoms with E-state index in [2.05, 4.69) is 23.3 Å². The van der Waals surface area contributed by atoms with Crippen LogP contribution in [0.15, 0.2) is 42.0 Å². The Kier molecular flexibility index (Phi) is 3.75. The van der Waals surface area contributed by atoms with Crippen LogP contribution in [0.4, 0.5) is 0 Å². The highest BCUT2D eigenvalue weighted by Gasteiger charge is 2.18. The molecule has 108 valence electrons. The number of hydrogen-bond donors (Lipinski definition) is 1. The molecule has 0 bridgehead atoms. The Balaban J connectivity index is 1.90. The Bertz CT molecular complexity index is 761. The number of hydrogen-bond acceptors (Lipinski definition) is 3. The zero-order chi connectivity index (χ0) is 14.8. The fraction of sp³-hybridized carbons (Fsp3) is 0.250. The van der Waals surface area contributed by atoms with Gasteiger partial charge in [0.15, 0.2) is 0 Å². The molecule has 0 saturated heterocycles. The van der Waals surface area contributed by atoms with E-state index >= 15 is 0 Å². The van der Waals surface area contributed by atoms with Crippen molar-refractivity contribution in [2.24, 2.45) is 7.05 Å². The Hall–Kier alpha value is -2.14. The molecule has 1 amide bonds. The SMILES string of the molecule is CCC(NC(=O)c1cn(C)c2ncccc12)c1cccs1. The molecule has 21 heavy (non-hydrogen) atoms. The second kappa shape index (κ2) is 5.69. The molecule has 0 spiro atoms. The van der Waals surface area contributed by atoms with E-state index in [4.69, 9.17) is 0 Å². The van der Waals surface area contributed by atoms with Gasteiger partial charge in [0.05, 0.1) is 11.6 Å². The maximum Gasteiger partial charge on any atom is 0.254 e. The van der Waals surface area contributed by atoms with Gasteiger partial charge in [-0.2, -0.15) is 0 Å². The highest BCUT2D eigenvalue weighted by molar-refractivity contribution is 7.10. The van der Waals surface area contributed by atoms with Crippen molar-refractivity contribution in [1.29, 1.82) is 0 Å². The van der Waals surface area contributed by atoms with Crippen molar-refractivity contribution in [3.63, 3.8) is 0 Å². The minimum absolute atomic E-state index is 0.0474. The molecule has 3 rings (SSSR count). The summed E-state index contributed by atoms with van der Waals surface area (Å²) in [5, 5.41) is 6.04. The van der Waals surface area contributed by atoms with Crippen molar-refractivity contribution in [3.05, 3.63) is 52.5 Å². The lowest BCUT2D eigenvalue weighted by atomic mass is 10.1. The summed E-state index contributed by atoms with van der Waals surface area (Å²) in [6, 6.07) is 7.92. The summed E-state index contributed by atoms with van der Waals surface area (Å²) in [4.78, 5) is 18.1. The summed E-state index contributed by atoms with van der Waals surface area (Å²) in [7, 11) is 1.91. The molecule has 3 aromatic rings. The van der Waals surface area contributed by atoms with E-state index in [0.29, 0.717) is 5.56 Å². The quantitative estimate of drug-likeness (QED) is 0.801. The molecule has 4 nitrogen and oxygen atoms in total. The second-order valence-electron chi connectivity index (χ2n) is 4.98. The highest BCUT2D eigenvalue weighted by atomic mass is 32.1. The van der Waals surface area contributed by atoms with Crippen molar-refractivity contribution in [1.82, 2.24) is 14.9 Å². The Labute approximate surface area is 127 Å². The molecule has 3 aromatic heterocycles. The normalized spacial score (nSPS) is 12.5. The van der Waals surface area contributed by atoms with E-state index in [0.717, 1.165) is 17.5 Å². The van der Waals surface area contributed by atoms with Crippen LogP contribution in [0.3, 0.4) is 0 Å². The minimum Gasteiger partial charge on any atom is -0.344 e. The van der Waals surface area contributed by atoms with Crippen LogP contribution in [0.5, 0.6) is 0 Å². The molecule has 0 fully saturated rings. The molecule has 1 N–H and O–H groups in total. The third kappa shape index (κ3) is 2.56.